The van der Waals surface area contributed by atoms with Gasteiger partial charge in [-0.3, -0.25) is 14.6 Å². The Balaban J connectivity index is 1.60. The van der Waals surface area contributed by atoms with Gasteiger partial charge in [-0.25, -0.2) is 0 Å². The van der Waals surface area contributed by atoms with E-state index >= 15 is 0 Å². The zero-order valence-electron chi connectivity index (χ0n) is 16.1. The van der Waals surface area contributed by atoms with Crippen LogP contribution < -0.4 is 10.6 Å². The summed E-state index contributed by atoms with van der Waals surface area (Å²) in [6.07, 6.45) is 3.88. The zero-order valence-corrected chi connectivity index (χ0v) is 17.6. The standard InChI is InChI=1S/C23H20BrN3O3/c1-15(10-16-5-3-9-25-13-16)27-23(30)20-8-7-18(12-21(20)24)22(29)26-14-17-4-2-6-19(28)11-17/h2-9,11-13,28H,1,10,14H2,(H,26,29)(H,27,30). The second kappa shape index (κ2) is 9.84. The number of allylic oxidation sites excluding steroid dienone is 1. The third-order valence-corrected chi connectivity index (χ3v) is 4.93. The molecule has 0 bridgehead atoms. The SMILES string of the molecule is C=C(Cc1cccnc1)NC(=O)c1ccc(C(=O)NCc2cccc(O)c2)cc1Br. The number of carbonyl (C=O) groups is 2. The zero-order chi connectivity index (χ0) is 21.5. The number of halogens is 1. The largest absolute Gasteiger partial charge is 0.508 e. The Morgan fingerprint density at radius 2 is 1.83 bits per heavy atom. The van der Waals surface area contributed by atoms with E-state index in [0.29, 0.717) is 27.7 Å². The van der Waals surface area contributed by atoms with Crippen molar-refractivity contribution in [2.45, 2.75) is 13.0 Å². The summed E-state index contributed by atoms with van der Waals surface area (Å²) in [6, 6.07) is 15.2. The molecule has 7 heteroatoms. The van der Waals surface area contributed by atoms with E-state index in [1.807, 2.05) is 18.2 Å². The topological polar surface area (TPSA) is 91.3 Å². The Hall–Kier alpha value is -3.45. The molecule has 0 unspecified atom stereocenters. The highest BCUT2D eigenvalue weighted by molar-refractivity contribution is 9.10. The average molecular weight is 466 g/mol. The second-order valence-electron chi connectivity index (χ2n) is 6.64. The number of amides is 2. The van der Waals surface area contributed by atoms with Crippen LogP contribution in [0.5, 0.6) is 5.75 Å². The molecule has 0 saturated carbocycles. The van der Waals surface area contributed by atoms with Crippen LogP contribution >= 0.6 is 15.9 Å². The number of hydrogen-bond donors (Lipinski definition) is 3. The summed E-state index contributed by atoms with van der Waals surface area (Å²) in [5.41, 5.74) is 3.08. The van der Waals surface area contributed by atoms with Gasteiger partial charge in [0, 0.05) is 41.1 Å². The van der Waals surface area contributed by atoms with Crippen molar-refractivity contribution in [3.63, 3.8) is 0 Å². The van der Waals surface area contributed by atoms with Crippen LogP contribution in [0.1, 0.15) is 31.8 Å². The third kappa shape index (κ3) is 5.78. The lowest BCUT2D eigenvalue weighted by atomic mass is 10.1. The van der Waals surface area contributed by atoms with E-state index in [0.717, 1.165) is 11.1 Å². The molecule has 1 aromatic heterocycles. The van der Waals surface area contributed by atoms with Crippen LogP contribution in [0, 0.1) is 0 Å². The van der Waals surface area contributed by atoms with Gasteiger partial charge in [0.05, 0.1) is 5.56 Å². The van der Waals surface area contributed by atoms with Crippen molar-refractivity contribution in [2.75, 3.05) is 0 Å². The highest BCUT2D eigenvalue weighted by Gasteiger charge is 2.14. The van der Waals surface area contributed by atoms with Crippen molar-refractivity contribution in [1.29, 1.82) is 0 Å². The number of aromatic hydroxyl groups is 1. The predicted molar refractivity (Wildman–Crippen MR) is 118 cm³/mol. The van der Waals surface area contributed by atoms with E-state index in [2.05, 4.69) is 38.1 Å². The lowest BCUT2D eigenvalue weighted by Crippen LogP contribution is -2.25. The molecule has 3 aromatic rings. The maximum Gasteiger partial charge on any atom is 0.256 e. The monoisotopic (exact) mass is 465 g/mol. The molecule has 152 valence electrons. The second-order valence-corrected chi connectivity index (χ2v) is 7.50. The number of nitrogens with zero attached hydrogens (tertiary/aromatic N) is 1. The molecule has 0 aliphatic rings. The first-order valence-electron chi connectivity index (χ1n) is 9.16. The minimum Gasteiger partial charge on any atom is -0.508 e. The molecule has 2 amide bonds. The average Bonchev–Trinajstić information content (AvgIpc) is 2.72. The third-order valence-electron chi connectivity index (χ3n) is 4.27. The molecule has 1 heterocycles. The number of phenolic OH excluding ortho intramolecular Hbond substituents is 1. The van der Waals surface area contributed by atoms with Gasteiger partial charge in [0.1, 0.15) is 5.75 Å². The van der Waals surface area contributed by atoms with Gasteiger partial charge >= 0.3 is 0 Å². The van der Waals surface area contributed by atoms with Crippen molar-refractivity contribution in [3.05, 3.63) is 106 Å². The Bertz CT molecular complexity index is 1080. The van der Waals surface area contributed by atoms with E-state index in [9.17, 15) is 14.7 Å². The fraction of sp³-hybridized carbons (Fsp3) is 0.0870. The Morgan fingerprint density at radius 1 is 1.03 bits per heavy atom. The number of carbonyl (C=O) groups excluding carboxylic acids is 2. The smallest absolute Gasteiger partial charge is 0.256 e. The normalized spacial score (nSPS) is 10.3. The van der Waals surface area contributed by atoms with Crippen molar-refractivity contribution < 1.29 is 14.7 Å². The van der Waals surface area contributed by atoms with Crippen molar-refractivity contribution in [3.8, 4) is 5.75 Å². The van der Waals surface area contributed by atoms with Gasteiger partial charge in [0.2, 0.25) is 0 Å². The minimum absolute atomic E-state index is 0.143. The number of hydrogen-bond acceptors (Lipinski definition) is 4. The van der Waals surface area contributed by atoms with Crippen LogP contribution in [-0.2, 0) is 13.0 Å². The van der Waals surface area contributed by atoms with Gasteiger partial charge in [-0.05, 0) is 63.5 Å². The van der Waals surface area contributed by atoms with Crippen molar-refractivity contribution in [1.82, 2.24) is 15.6 Å². The van der Waals surface area contributed by atoms with Crippen molar-refractivity contribution in [2.24, 2.45) is 0 Å². The van der Waals surface area contributed by atoms with Crippen LogP contribution in [0.4, 0.5) is 0 Å². The van der Waals surface area contributed by atoms with Crippen LogP contribution in [0.2, 0.25) is 0 Å². The van der Waals surface area contributed by atoms with Gasteiger partial charge in [-0.2, -0.15) is 0 Å². The van der Waals surface area contributed by atoms with E-state index < -0.39 is 0 Å². The first kappa shape index (κ1) is 21.3. The number of rotatable bonds is 7. The molecule has 0 aliphatic heterocycles. The number of nitrogens with one attached hydrogen (secondary N) is 2. The molecular weight excluding hydrogens is 446 g/mol. The summed E-state index contributed by atoms with van der Waals surface area (Å²) in [7, 11) is 0. The lowest BCUT2D eigenvalue weighted by Gasteiger charge is -2.11. The Morgan fingerprint density at radius 3 is 2.53 bits per heavy atom. The fourth-order valence-corrected chi connectivity index (χ4v) is 3.37. The molecular formula is C23H20BrN3O3. The first-order chi connectivity index (χ1) is 14.4. The predicted octanol–water partition coefficient (Wildman–Crippen LogP) is 3.97. The molecule has 30 heavy (non-hydrogen) atoms. The summed E-state index contributed by atoms with van der Waals surface area (Å²) in [4.78, 5) is 29.0. The summed E-state index contributed by atoms with van der Waals surface area (Å²) < 4.78 is 0.499. The molecule has 6 nitrogen and oxygen atoms in total. The maximum atomic E-state index is 12.5. The minimum atomic E-state index is -0.317. The van der Waals surface area contributed by atoms with E-state index in [1.54, 1.807) is 48.8 Å². The van der Waals surface area contributed by atoms with E-state index in [4.69, 9.17) is 0 Å². The quantitative estimate of drug-likeness (QED) is 0.492. The summed E-state index contributed by atoms with van der Waals surface area (Å²) in [6.45, 7) is 4.17. The van der Waals surface area contributed by atoms with Crippen LogP contribution in [0.15, 0.2) is 83.7 Å². The Labute approximate surface area is 182 Å². The molecule has 0 atom stereocenters. The molecule has 2 aromatic carbocycles. The van der Waals surface area contributed by atoms with Crippen LogP contribution in [0.25, 0.3) is 0 Å². The summed E-state index contributed by atoms with van der Waals surface area (Å²) in [5, 5.41) is 15.1. The summed E-state index contributed by atoms with van der Waals surface area (Å²) in [5.74, 6) is -0.459. The first-order valence-corrected chi connectivity index (χ1v) is 9.95. The van der Waals surface area contributed by atoms with Crippen LogP contribution in [-0.4, -0.2) is 21.9 Å². The Kier molecular flexibility index (Phi) is 6.98. The van der Waals surface area contributed by atoms with Gasteiger partial charge in [-0.15, -0.1) is 0 Å². The van der Waals surface area contributed by atoms with Crippen LogP contribution in [0.3, 0.4) is 0 Å². The van der Waals surface area contributed by atoms with Gasteiger partial charge < -0.3 is 15.7 Å². The van der Waals surface area contributed by atoms with Gasteiger partial charge in [0.15, 0.2) is 0 Å². The van der Waals surface area contributed by atoms with E-state index in [1.165, 1.54) is 0 Å². The van der Waals surface area contributed by atoms with Gasteiger partial charge in [-0.1, -0.05) is 24.8 Å². The number of phenols is 1. The molecule has 0 aliphatic carbocycles. The molecule has 0 spiro atoms. The number of pyridine rings is 1. The summed E-state index contributed by atoms with van der Waals surface area (Å²) >= 11 is 3.36. The highest BCUT2D eigenvalue weighted by atomic mass is 79.9. The number of aromatic nitrogens is 1. The molecule has 0 radical (unpaired) electrons. The highest BCUT2D eigenvalue weighted by Crippen LogP contribution is 2.20. The fourth-order valence-electron chi connectivity index (χ4n) is 2.81. The van der Waals surface area contributed by atoms with E-state index in [-0.39, 0.29) is 24.1 Å². The number of benzene rings is 2. The molecule has 3 rings (SSSR count). The lowest BCUT2D eigenvalue weighted by molar-refractivity contribution is 0.0943. The molecule has 3 N–H and O–H groups in total. The van der Waals surface area contributed by atoms with Crippen molar-refractivity contribution >= 4 is 27.7 Å². The van der Waals surface area contributed by atoms with Gasteiger partial charge in [0.25, 0.3) is 11.8 Å². The maximum absolute atomic E-state index is 12.5. The molecule has 0 saturated heterocycles. The molecule has 0 fully saturated rings.